The van der Waals surface area contributed by atoms with E-state index in [-0.39, 0.29) is 22.9 Å². The second-order valence-corrected chi connectivity index (χ2v) is 8.07. The van der Waals surface area contributed by atoms with E-state index >= 15 is 0 Å². The summed E-state index contributed by atoms with van der Waals surface area (Å²) in [5.41, 5.74) is 1.53. The number of carbonyl (C=O) groups is 3. The van der Waals surface area contributed by atoms with Gasteiger partial charge < -0.3 is 9.64 Å². The molecule has 9 heteroatoms. The molecule has 2 amide bonds. The Morgan fingerprint density at radius 1 is 1.09 bits per heavy atom. The number of nitro benzene ring substituents is 1. The molecule has 0 bridgehead atoms. The average Bonchev–Trinajstić information content (AvgIpc) is 3.26. The summed E-state index contributed by atoms with van der Waals surface area (Å²) in [6.45, 7) is 1.41. The number of ketones is 1. The number of hydrogen-bond acceptors (Lipinski definition) is 7. The standard InChI is InChI=1S/C23H19N3O6/c1-12(27)20-18-19(21-15-6-4-3-5-13(15)9-10-24(20)21)23(29)25(22(18)28)16-11-14(26(30)31)7-8-17(16)32-2/h3-11,18-21H,1-2H3/t18-,19+,20-,21-/m1/s1. The van der Waals surface area contributed by atoms with Gasteiger partial charge in [0.2, 0.25) is 11.8 Å². The highest BCUT2D eigenvalue weighted by atomic mass is 16.6. The highest BCUT2D eigenvalue weighted by Crippen LogP contribution is 2.54. The Balaban J connectivity index is 1.66. The molecular formula is C23H19N3O6. The highest BCUT2D eigenvalue weighted by Gasteiger charge is 2.64. The van der Waals surface area contributed by atoms with Gasteiger partial charge in [0, 0.05) is 18.3 Å². The van der Waals surface area contributed by atoms with Crippen molar-refractivity contribution in [2.45, 2.75) is 19.0 Å². The molecule has 0 N–H and O–H groups in total. The molecule has 162 valence electrons. The lowest BCUT2D eigenvalue weighted by molar-refractivity contribution is -0.384. The number of ether oxygens (including phenoxy) is 1. The predicted octanol–water partition coefficient (Wildman–Crippen LogP) is 2.71. The van der Waals surface area contributed by atoms with Gasteiger partial charge >= 0.3 is 0 Å². The molecule has 0 aliphatic carbocycles. The van der Waals surface area contributed by atoms with Gasteiger partial charge in [0.25, 0.3) is 5.69 Å². The van der Waals surface area contributed by atoms with Gasteiger partial charge in [-0.05, 0) is 30.2 Å². The van der Waals surface area contributed by atoms with Crippen LogP contribution in [0.25, 0.3) is 6.08 Å². The zero-order chi connectivity index (χ0) is 22.7. The van der Waals surface area contributed by atoms with Crippen LogP contribution in [0.2, 0.25) is 0 Å². The van der Waals surface area contributed by atoms with Gasteiger partial charge in [0.1, 0.15) is 11.4 Å². The molecule has 5 rings (SSSR count). The minimum Gasteiger partial charge on any atom is -0.495 e. The molecule has 3 heterocycles. The Hall–Kier alpha value is -4.01. The lowest BCUT2D eigenvalue weighted by atomic mass is 9.84. The summed E-state index contributed by atoms with van der Waals surface area (Å²) in [6, 6.07) is 10.0. The summed E-state index contributed by atoms with van der Waals surface area (Å²) in [6.07, 6.45) is 3.65. The molecule has 0 saturated carbocycles. The van der Waals surface area contributed by atoms with E-state index < -0.39 is 40.7 Å². The Morgan fingerprint density at radius 3 is 2.50 bits per heavy atom. The van der Waals surface area contributed by atoms with Crippen molar-refractivity contribution >= 4 is 35.0 Å². The minimum absolute atomic E-state index is 0.0135. The second kappa shape index (κ2) is 7.01. The minimum atomic E-state index is -0.898. The fraction of sp³-hybridized carbons (Fsp3) is 0.261. The average molecular weight is 433 g/mol. The van der Waals surface area contributed by atoms with Gasteiger partial charge in [-0.15, -0.1) is 0 Å². The summed E-state index contributed by atoms with van der Waals surface area (Å²) in [5, 5.41) is 11.3. The SMILES string of the molecule is COc1ccc([N+](=O)[O-])cc1N1C(=O)[C@@H]2[C@H](C1=O)[C@H]1c3ccccc3C=CN1[C@@H]2C(C)=O. The monoisotopic (exact) mass is 433 g/mol. The number of benzene rings is 2. The fourth-order valence-electron chi connectivity index (χ4n) is 5.23. The topological polar surface area (TPSA) is 110 Å². The van der Waals surface area contributed by atoms with Gasteiger partial charge in [-0.2, -0.15) is 0 Å². The molecule has 0 aromatic heterocycles. The van der Waals surface area contributed by atoms with Crippen LogP contribution in [0.5, 0.6) is 5.75 Å². The number of nitro groups is 1. The predicted molar refractivity (Wildman–Crippen MR) is 114 cm³/mol. The normalized spacial score (nSPS) is 25.4. The maximum absolute atomic E-state index is 13.7. The second-order valence-electron chi connectivity index (χ2n) is 8.07. The van der Waals surface area contributed by atoms with Crippen molar-refractivity contribution < 1.29 is 24.0 Å². The van der Waals surface area contributed by atoms with Crippen LogP contribution in [0.3, 0.4) is 0 Å². The summed E-state index contributed by atoms with van der Waals surface area (Å²) < 4.78 is 5.29. The number of rotatable bonds is 4. The summed E-state index contributed by atoms with van der Waals surface area (Å²) >= 11 is 0. The van der Waals surface area contributed by atoms with Crippen LogP contribution in [0, 0.1) is 22.0 Å². The molecule has 2 aromatic rings. The highest BCUT2D eigenvalue weighted by molar-refractivity contribution is 6.24. The van der Waals surface area contributed by atoms with Crippen LogP contribution in [-0.4, -0.2) is 40.6 Å². The maximum Gasteiger partial charge on any atom is 0.271 e. The molecule has 9 nitrogen and oxygen atoms in total. The summed E-state index contributed by atoms with van der Waals surface area (Å²) in [4.78, 5) is 53.4. The first-order chi connectivity index (χ1) is 15.3. The third-order valence-corrected chi connectivity index (χ3v) is 6.49. The van der Waals surface area contributed by atoms with E-state index in [4.69, 9.17) is 4.74 Å². The number of non-ortho nitro benzene ring substituents is 1. The molecule has 3 aliphatic heterocycles. The number of fused-ring (bicyclic) bond motifs is 5. The van der Waals surface area contributed by atoms with Gasteiger partial charge in [-0.3, -0.25) is 24.5 Å². The van der Waals surface area contributed by atoms with Crippen molar-refractivity contribution in [2.24, 2.45) is 11.8 Å². The molecule has 0 radical (unpaired) electrons. The number of nitrogens with zero attached hydrogens (tertiary/aromatic N) is 3. The van der Waals surface area contributed by atoms with E-state index in [2.05, 4.69) is 0 Å². The van der Waals surface area contributed by atoms with Gasteiger partial charge in [-0.1, -0.05) is 24.3 Å². The van der Waals surface area contributed by atoms with Crippen LogP contribution < -0.4 is 9.64 Å². The number of Topliss-reactive ketones (excluding diaryl/α,β-unsaturated/α-hetero) is 1. The van der Waals surface area contributed by atoms with Crippen LogP contribution in [0.4, 0.5) is 11.4 Å². The van der Waals surface area contributed by atoms with E-state index in [0.717, 1.165) is 22.1 Å². The van der Waals surface area contributed by atoms with E-state index in [1.54, 1.807) is 11.1 Å². The molecule has 0 spiro atoms. The zero-order valence-electron chi connectivity index (χ0n) is 17.3. The molecule has 32 heavy (non-hydrogen) atoms. The van der Waals surface area contributed by atoms with Crippen LogP contribution in [0.15, 0.2) is 48.7 Å². The third kappa shape index (κ3) is 2.60. The third-order valence-electron chi connectivity index (χ3n) is 6.49. The van der Waals surface area contributed by atoms with Crippen LogP contribution in [-0.2, 0) is 14.4 Å². The van der Waals surface area contributed by atoms with Gasteiger partial charge in [0.05, 0.1) is 36.0 Å². The summed E-state index contributed by atoms with van der Waals surface area (Å²) in [7, 11) is 1.36. The lowest BCUT2D eigenvalue weighted by Gasteiger charge is -2.35. The fourth-order valence-corrected chi connectivity index (χ4v) is 5.23. The van der Waals surface area contributed by atoms with Crippen molar-refractivity contribution in [3.8, 4) is 5.75 Å². The number of hydrogen-bond donors (Lipinski definition) is 0. The maximum atomic E-state index is 13.7. The first-order valence-electron chi connectivity index (χ1n) is 10.1. The van der Waals surface area contributed by atoms with Crippen molar-refractivity contribution in [3.05, 3.63) is 69.9 Å². The number of imide groups is 1. The van der Waals surface area contributed by atoms with E-state index in [1.807, 2.05) is 30.3 Å². The first kappa shape index (κ1) is 19.9. The Labute approximate surface area is 183 Å². The largest absolute Gasteiger partial charge is 0.495 e. The van der Waals surface area contributed by atoms with E-state index in [1.165, 1.54) is 26.2 Å². The lowest BCUT2D eigenvalue weighted by Crippen LogP contribution is -2.43. The van der Waals surface area contributed by atoms with Gasteiger partial charge in [-0.25, -0.2) is 4.90 Å². The Kier molecular flexibility index (Phi) is 4.37. The molecule has 2 aromatic carbocycles. The molecule has 0 unspecified atom stereocenters. The van der Waals surface area contributed by atoms with Crippen molar-refractivity contribution in [3.63, 3.8) is 0 Å². The van der Waals surface area contributed by atoms with Gasteiger partial charge in [0.15, 0.2) is 5.78 Å². The molecule has 4 atom stereocenters. The number of carbonyl (C=O) groups excluding carboxylic acids is 3. The van der Waals surface area contributed by atoms with Crippen molar-refractivity contribution in [2.75, 3.05) is 12.0 Å². The van der Waals surface area contributed by atoms with Crippen LogP contribution >= 0.6 is 0 Å². The van der Waals surface area contributed by atoms with Crippen molar-refractivity contribution in [1.82, 2.24) is 4.90 Å². The quantitative estimate of drug-likeness (QED) is 0.414. The Morgan fingerprint density at radius 2 is 1.81 bits per heavy atom. The smallest absolute Gasteiger partial charge is 0.271 e. The van der Waals surface area contributed by atoms with Crippen LogP contribution in [0.1, 0.15) is 24.1 Å². The van der Waals surface area contributed by atoms with E-state index in [0.29, 0.717) is 0 Å². The van der Waals surface area contributed by atoms with Crippen molar-refractivity contribution in [1.29, 1.82) is 0 Å². The number of anilines is 1. The first-order valence-corrected chi connectivity index (χ1v) is 10.1. The number of amides is 2. The van der Waals surface area contributed by atoms with E-state index in [9.17, 15) is 24.5 Å². The molecule has 3 aliphatic rings. The molecule has 2 saturated heterocycles. The number of methoxy groups -OCH3 is 1. The molecular weight excluding hydrogens is 414 g/mol. The zero-order valence-corrected chi connectivity index (χ0v) is 17.3. The summed E-state index contributed by atoms with van der Waals surface area (Å²) in [5.74, 6) is -2.81. The molecule has 2 fully saturated rings. The Bertz CT molecular complexity index is 1220.